The highest BCUT2D eigenvalue weighted by Crippen LogP contribution is 2.41. The van der Waals surface area contributed by atoms with Crippen LogP contribution in [0.5, 0.6) is 0 Å². The molecule has 0 amide bonds. The number of hydrogen-bond acceptors (Lipinski definition) is 4. The van der Waals surface area contributed by atoms with Crippen LogP contribution in [0.4, 0.5) is 5.69 Å². The second-order valence-corrected chi connectivity index (χ2v) is 6.16. The molecule has 1 aliphatic rings. The summed E-state index contributed by atoms with van der Waals surface area (Å²) in [6, 6.07) is 10.6. The van der Waals surface area contributed by atoms with E-state index < -0.39 is 10.0 Å². The monoisotopic (exact) mass is 283 g/mol. The van der Waals surface area contributed by atoms with Gasteiger partial charge in [-0.3, -0.25) is 14.7 Å². The molecule has 5 nitrogen and oxygen atoms in total. The summed E-state index contributed by atoms with van der Waals surface area (Å²) in [5.74, 6) is 0. The predicted molar refractivity (Wildman–Crippen MR) is 75.8 cm³/mol. The molecule has 0 saturated carbocycles. The molecule has 2 heterocycles. The first-order valence-corrected chi connectivity index (χ1v) is 7.51. The van der Waals surface area contributed by atoms with Crippen molar-refractivity contribution in [3.63, 3.8) is 0 Å². The third-order valence-corrected chi connectivity index (χ3v) is 4.75. The lowest BCUT2D eigenvalue weighted by molar-refractivity contribution is 0.601. The predicted octanol–water partition coefficient (Wildman–Crippen LogP) is 2.41. The first kappa shape index (κ1) is 11.4. The molecule has 0 aliphatic carbocycles. The van der Waals surface area contributed by atoms with Crippen LogP contribution in [0.15, 0.2) is 53.7 Å². The molecular weight excluding hydrogens is 274 g/mol. The van der Waals surface area contributed by atoms with Gasteiger partial charge in [-0.25, -0.2) is 8.42 Å². The Kier molecular flexibility index (Phi) is 2.14. The first-order chi connectivity index (χ1) is 9.67. The van der Waals surface area contributed by atoms with Gasteiger partial charge in [0, 0.05) is 23.5 Å². The normalized spacial score (nSPS) is 15.2. The van der Waals surface area contributed by atoms with E-state index in [-0.39, 0.29) is 4.90 Å². The van der Waals surface area contributed by atoms with Crippen molar-refractivity contribution in [3.8, 4) is 11.1 Å². The second-order valence-electron chi connectivity index (χ2n) is 4.51. The summed E-state index contributed by atoms with van der Waals surface area (Å²) in [5, 5.41) is 0. The van der Waals surface area contributed by atoms with Crippen LogP contribution in [0.1, 0.15) is 0 Å². The summed E-state index contributed by atoms with van der Waals surface area (Å²) in [6.45, 7) is 0. The number of nitrogens with zero attached hydrogens (tertiary/aromatic N) is 2. The average molecular weight is 283 g/mol. The maximum absolute atomic E-state index is 12.3. The van der Waals surface area contributed by atoms with Gasteiger partial charge in [0.05, 0.1) is 16.1 Å². The molecule has 3 aromatic rings. The van der Waals surface area contributed by atoms with Crippen LogP contribution >= 0.6 is 0 Å². The van der Waals surface area contributed by atoms with E-state index in [1.54, 1.807) is 30.6 Å². The van der Waals surface area contributed by atoms with Crippen LogP contribution in [0.25, 0.3) is 22.2 Å². The molecule has 0 bridgehead atoms. The van der Waals surface area contributed by atoms with E-state index in [1.165, 1.54) is 0 Å². The van der Waals surface area contributed by atoms with Crippen molar-refractivity contribution in [2.24, 2.45) is 0 Å². The molecule has 1 aliphatic heterocycles. The van der Waals surface area contributed by atoms with E-state index in [0.717, 1.165) is 5.56 Å². The van der Waals surface area contributed by atoms with Gasteiger partial charge in [0.15, 0.2) is 0 Å². The summed E-state index contributed by atoms with van der Waals surface area (Å²) >= 11 is 0. The van der Waals surface area contributed by atoms with Crippen LogP contribution in [-0.2, 0) is 10.0 Å². The molecule has 0 unspecified atom stereocenters. The van der Waals surface area contributed by atoms with Crippen LogP contribution in [-0.4, -0.2) is 18.4 Å². The van der Waals surface area contributed by atoms with Crippen LogP contribution in [0.2, 0.25) is 0 Å². The second kappa shape index (κ2) is 3.77. The van der Waals surface area contributed by atoms with Crippen molar-refractivity contribution in [1.29, 1.82) is 0 Å². The van der Waals surface area contributed by atoms with Crippen LogP contribution in [0, 0.1) is 0 Å². The zero-order chi connectivity index (χ0) is 13.7. The lowest BCUT2D eigenvalue weighted by atomic mass is 10.0. The minimum Gasteiger partial charge on any atom is -0.277 e. The first-order valence-electron chi connectivity index (χ1n) is 6.03. The largest absolute Gasteiger partial charge is 0.277 e. The van der Waals surface area contributed by atoms with Crippen LogP contribution < -0.4 is 4.72 Å². The van der Waals surface area contributed by atoms with E-state index in [0.29, 0.717) is 22.3 Å². The zero-order valence-corrected chi connectivity index (χ0v) is 11.1. The fourth-order valence-corrected chi connectivity index (χ4v) is 3.79. The van der Waals surface area contributed by atoms with Crippen LogP contribution in [0.3, 0.4) is 0 Å². The van der Waals surface area contributed by atoms with Gasteiger partial charge in [-0.1, -0.05) is 18.2 Å². The van der Waals surface area contributed by atoms with Gasteiger partial charge < -0.3 is 0 Å². The van der Waals surface area contributed by atoms with Crippen molar-refractivity contribution < 1.29 is 8.42 Å². The summed E-state index contributed by atoms with van der Waals surface area (Å²) in [5.41, 5.74) is 3.22. The molecule has 0 radical (unpaired) electrons. The number of benzene rings is 2. The van der Waals surface area contributed by atoms with E-state index in [9.17, 15) is 8.42 Å². The average Bonchev–Trinajstić information content (AvgIpc) is 2.47. The van der Waals surface area contributed by atoms with Crippen molar-refractivity contribution in [1.82, 2.24) is 9.97 Å². The van der Waals surface area contributed by atoms with E-state index in [4.69, 9.17) is 0 Å². The Morgan fingerprint density at radius 1 is 0.900 bits per heavy atom. The quantitative estimate of drug-likeness (QED) is 0.687. The topological polar surface area (TPSA) is 72.0 Å². The van der Waals surface area contributed by atoms with Crippen molar-refractivity contribution in [2.45, 2.75) is 4.90 Å². The van der Waals surface area contributed by atoms with Gasteiger partial charge in [0.25, 0.3) is 10.0 Å². The maximum atomic E-state index is 12.3. The highest BCUT2D eigenvalue weighted by atomic mass is 32.2. The molecule has 98 valence electrons. The van der Waals surface area contributed by atoms with Gasteiger partial charge in [0.1, 0.15) is 5.52 Å². The lowest BCUT2D eigenvalue weighted by Gasteiger charge is -2.22. The molecule has 0 atom stereocenters. The number of sulfonamides is 1. The number of hydrogen-bond donors (Lipinski definition) is 1. The Morgan fingerprint density at radius 2 is 1.70 bits per heavy atom. The molecule has 20 heavy (non-hydrogen) atoms. The Hall–Kier alpha value is -2.47. The molecule has 0 fully saturated rings. The molecule has 0 spiro atoms. The fourth-order valence-electron chi connectivity index (χ4n) is 2.48. The Labute approximate surface area is 115 Å². The van der Waals surface area contributed by atoms with E-state index >= 15 is 0 Å². The van der Waals surface area contributed by atoms with Gasteiger partial charge in [-0.2, -0.15) is 0 Å². The molecule has 0 saturated heterocycles. The summed E-state index contributed by atoms with van der Waals surface area (Å²) in [6.07, 6.45) is 3.14. The lowest BCUT2D eigenvalue weighted by Crippen LogP contribution is -2.19. The van der Waals surface area contributed by atoms with Gasteiger partial charge >= 0.3 is 0 Å². The third-order valence-electron chi connectivity index (χ3n) is 3.34. The molecular formula is C14H9N3O2S. The molecule has 4 rings (SSSR count). The Morgan fingerprint density at radius 3 is 2.60 bits per heavy atom. The third kappa shape index (κ3) is 1.45. The fraction of sp³-hybridized carbons (Fsp3) is 0. The highest BCUT2D eigenvalue weighted by molar-refractivity contribution is 7.93. The minimum atomic E-state index is -3.56. The van der Waals surface area contributed by atoms with Crippen molar-refractivity contribution in [2.75, 3.05) is 4.72 Å². The van der Waals surface area contributed by atoms with E-state index in [1.807, 2.05) is 18.2 Å². The number of fused-ring (bicyclic) bond motifs is 5. The zero-order valence-electron chi connectivity index (χ0n) is 10.2. The number of anilines is 1. The molecule has 2 aromatic carbocycles. The molecule has 1 N–H and O–H groups in total. The summed E-state index contributed by atoms with van der Waals surface area (Å²) < 4.78 is 27.2. The highest BCUT2D eigenvalue weighted by Gasteiger charge is 2.28. The standard InChI is InChI=1S/C14H9N3O2S/c18-20(19)12-4-2-1-3-9(12)10-5-6-11-14(13(10)17-20)16-8-7-15-11/h1-8,17H. The minimum absolute atomic E-state index is 0.288. The smallest absolute Gasteiger partial charge is 0.262 e. The maximum Gasteiger partial charge on any atom is 0.262 e. The molecule has 6 heteroatoms. The van der Waals surface area contributed by atoms with Crippen molar-refractivity contribution >= 4 is 26.7 Å². The summed E-state index contributed by atoms with van der Waals surface area (Å²) in [7, 11) is -3.56. The number of rotatable bonds is 0. The van der Waals surface area contributed by atoms with Crippen molar-refractivity contribution in [3.05, 3.63) is 48.8 Å². The molecule has 1 aromatic heterocycles. The van der Waals surface area contributed by atoms with E-state index in [2.05, 4.69) is 14.7 Å². The van der Waals surface area contributed by atoms with Gasteiger partial charge in [0.2, 0.25) is 0 Å². The SMILES string of the molecule is O=S1(=O)Nc2c(ccc3nccnc23)-c2ccccc21. The Balaban J connectivity index is 2.18. The summed E-state index contributed by atoms with van der Waals surface area (Å²) in [4.78, 5) is 8.73. The Bertz CT molecular complexity index is 952. The number of nitrogens with one attached hydrogen (secondary N) is 1. The van der Waals surface area contributed by atoms with Gasteiger partial charge in [-0.15, -0.1) is 0 Å². The number of aromatic nitrogens is 2. The van der Waals surface area contributed by atoms with Gasteiger partial charge in [-0.05, 0) is 18.2 Å².